The largest absolute Gasteiger partial charge is 0.300 e. The SMILES string of the molecule is Cc1nc2c(C3CCC(=O)CC3)cccn2n1. The van der Waals surface area contributed by atoms with Gasteiger partial charge in [-0.15, -0.1) is 0 Å². The van der Waals surface area contributed by atoms with E-state index in [9.17, 15) is 4.79 Å². The molecule has 4 heteroatoms. The van der Waals surface area contributed by atoms with Gasteiger partial charge < -0.3 is 0 Å². The molecule has 0 spiro atoms. The van der Waals surface area contributed by atoms with Gasteiger partial charge in [-0.3, -0.25) is 4.79 Å². The number of aryl methyl sites for hydroxylation is 1. The molecule has 4 nitrogen and oxygen atoms in total. The molecule has 0 atom stereocenters. The number of pyridine rings is 1. The van der Waals surface area contributed by atoms with Crippen LogP contribution < -0.4 is 0 Å². The lowest BCUT2D eigenvalue weighted by Gasteiger charge is -2.21. The first kappa shape index (κ1) is 10.4. The minimum atomic E-state index is 0.394. The van der Waals surface area contributed by atoms with Crippen molar-refractivity contribution in [2.45, 2.75) is 38.5 Å². The van der Waals surface area contributed by atoms with Crippen molar-refractivity contribution >= 4 is 11.4 Å². The number of rotatable bonds is 1. The molecule has 0 amide bonds. The summed E-state index contributed by atoms with van der Waals surface area (Å²) in [4.78, 5) is 15.7. The summed E-state index contributed by atoms with van der Waals surface area (Å²) >= 11 is 0. The van der Waals surface area contributed by atoms with Gasteiger partial charge in [0.25, 0.3) is 0 Å². The highest BCUT2D eigenvalue weighted by atomic mass is 16.1. The Balaban J connectivity index is 2.02. The van der Waals surface area contributed by atoms with Gasteiger partial charge in [0.2, 0.25) is 0 Å². The first-order valence-electron chi connectivity index (χ1n) is 6.07. The Morgan fingerprint density at radius 2 is 2.12 bits per heavy atom. The zero-order valence-electron chi connectivity index (χ0n) is 9.89. The number of carbonyl (C=O) groups excluding carboxylic acids is 1. The van der Waals surface area contributed by atoms with E-state index in [2.05, 4.69) is 16.1 Å². The molecule has 1 aliphatic rings. The predicted octanol–water partition coefficient (Wildman–Crippen LogP) is 2.26. The summed E-state index contributed by atoms with van der Waals surface area (Å²) in [5.41, 5.74) is 2.19. The molecule has 88 valence electrons. The van der Waals surface area contributed by atoms with Gasteiger partial charge in [-0.1, -0.05) is 6.07 Å². The van der Waals surface area contributed by atoms with Gasteiger partial charge in [0.05, 0.1) is 0 Å². The van der Waals surface area contributed by atoms with Gasteiger partial charge in [0, 0.05) is 24.6 Å². The molecular formula is C13H15N3O. The second kappa shape index (κ2) is 3.95. The fourth-order valence-corrected chi connectivity index (χ4v) is 2.60. The molecule has 1 saturated carbocycles. The van der Waals surface area contributed by atoms with E-state index in [0.717, 1.165) is 24.3 Å². The Morgan fingerprint density at radius 3 is 2.88 bits per heavy atom. The van der Waals surface area contributed by atoms with Crippen molar-refractivity contribution in [2.75, 3.05) is 0 Å². The van der Waals surface area contributed by atoms with Crippen molar-refractivity contribution in [3.8, 4) is 0 Å². The van der Waals surface area contributed by atoms with Crippen molar-refractivity contribution in [3.63, 3.8) is 0 Å². The first-order chi connectivity index (χ1) is 8.24. The van der Waals surface area contributed by atoms with Gasteiger partial charge >= 0.3 is 0 Å². The van der Waals surface area contributed by atoms with Crippen molar-refractivity contribution in [2.24, 2.45) is 0 Å². The van der Waals surface area contributed by atoms with E-state index in [1.54, 1.807) is 0 Å². The second-order valence-electron chi connectivity index (χ2n) is 4.70. The van der Waals surface area contributed by atoms with Crippen LogP contribution in [0.4, 0.5) is 0 Å². The average molecular weight is 229 g/mol. The Labute approximate surface area is 99.7 Å². The maximum Gasteiger partial charge on any atom is 0.159 e. The van der Waals surface area contributed by atoms with Gasteiger partial charge in [-0.2, -0.15) is 5.10 Å². The molecule has 0 bridgehead atoms. The molecule has 0 unspecified atom stereocenters. The summed E-state index contributed by atoms with van der Waals surface area (Å²) in [6.07, 6.45) is 5.24. The maximum absolute atomic E-state index is 11.3. The van der Waals surface area contributed by atoms with E-state index in [1.807, 2.05) is 23.7 Å². The quantitative estimate of drug-likeness (QED) is 0.753. The third kappa shape index (κ3) is 1.84. The van der Waals surface area contributed by atoms with Crippen LogP contribution in [-0.4, -0.2) is 20.4 Å². The van der Waals surface area contributed by atoms with E-state index >= 15 is 0 Å². The summed E-state index contributed by atoms with van der Waals surface area (Å²) in [5, 5.41) is 4.32. The highest BCUT2D eigenvalue weighted by molar-refractivity contribution is 5.79. The molecule has 0 radical (unpaired) electrons. The minimum Gasteiger partial charge on any atom is -0.300 e. The van der Waals surface area contributed by atoms with E-state index in [4.69, 9.17) is 0 Å². The van der Waals surface area contributed by atoms with E-state index < -0.39 is 0 Å². The zero-order valence-corrected chi connectivity index (χ0v) is 9.89. The molecule has 2 aromatic heterocycles. The van der Waals surface area contributed by atoms with E-state index in [-0.39, 0.29) is 0 Å². The molecule has 1 aliphatic carbocycles. The summed E-state index contributed by atoms with van der Waals surface area (Å²) in [6, 6.07) is 4.12. The third-order valence-corrected chi connectivity index (χ3v) is 3.48. The normalized spacial score (nSPS) is 17.8. The highest BCUT2D eigenvalue weighted by Gasteiger charge is 2.22. The minimum absolute atomic E-state index is 0.394. The van der Waals surface area contributed by atoms with Gasteiger partial charge in [-0.05, 0) is 31.7 Å². The van der Waals surface area contributed by atoms with Gasteiger partial charge in [0.1, 0.15) is 11.6 Å². The number of nitrogens with zero attached hydrogens (tertiary/aromatic N) is 3. The van der Waals surface area contributed by atoms with Crippen LogP contribution >= 0.6 is 0 Å². The lowest BCUT2D eigenvalue weighted by atomic mass is 9.84. The number of carbonyl (C=O) groups is 1. The molecule has 17 heavy (non-hydrogen) atoms. The molecule has 2 aromatic rings. The Bertz CT molecular complexity index is 563. The molecule has 3 rings (SSSR count). The Hall–Kier alpha value is -1.71. The summed E-state index contributed by atoms with van der Waals surface area (Å²) < 4.78 is 1.83. The van der Waals surface area contributed by atoms with Crippen LogP contribution in [0.5, 0.6) is 0 Å². The summed E-state index contributed by atoms with van der Waals surface area (Å²) in [7, 11) is 0. The second-order valence-corrected chi connectivity index (χ2v) is 4.70. The highest BCUT2D eigenvalue weighted by Crippen LogP contribution is 2.32. The summed E-state index contributed by atoms with van der Waals surface area (Å²) in [6.45, 7) is 1.90. The van der Waals surface area contributed by atoms with Crippen LogP contribution in [0.15, 0.2) is 18.3 Å². The number of Topliss-reactive ketones (excluding diaryl/α,β-unsaturated/α-hetero) is 1. The van der Waals surface area contributed by atoms with Gasteiger partial charge in [-0.25, -0.2) is 9.50 Å². The standard InChI is InChI=1S/C13H15N3O/c1-9-14-13-12(3-2-8-16(13)15-9)10-4-6-11(17)7-5-10/h2-3,8,10H,4-7H2,1H3. The first-order valence-corrected chi connectivity index (χ1v) is 6.07. The van der Waals surface area contributed by atoms with Crippen LogP contribution in [0.25, 0.3) is 5.65 Å². The lowest BCUT2D eigenvalue weighted by molar-refractivity contribution is -0.120. The molecule has 0 N–H and O–H groups in total. The Kier molecular flexibility index (Phi) is 2.42. The third-order valence-electron chi connectivity index (χ3n) is 3.48. The van der Waals surface area contributed by atoms with E-state index in [0.29, 0.717) is 24.5 Å². The van der Waals surface area contributed by atoms with Crippen LogP contribution in [0.1, 0.15) is 43.0 Å². The number of fused-ring (bicyclic) bond motifs is 1. The number of hydrogen-bond acceptors (Lipinski definition) is 3. The Morgan fingerprint density at radius 1 is 1.35 bits per heavy atom. The monoisotopic (exact) mass is 229 g/mol. The van der Waals surface area contributed by atoms with Crippen molar-refractivity contribution < 1.29 is 4.79 Å². The number of hydrogen-bond donors (Lipinski definition) is 0. The lowest BCUT2D eigenvalue weighted by Crippen LogP contribution is -2.13. The number of ketones is 1. The average Bonchev–Trinajstić information content (AvgIpc) is 2.70. The fourth-order valence-electron chi connectivity index (χ4n) is 2.60. The topological polar surface area (TPSA) is 47.3 Å². The molecule has 1 fully saturated rings. The van der Waals surface area contributed by atoms with Gasteiger partial charge in [0.15, 0.2) is 5.65 Å². The van der Waals surface area contributed by atoms with Crippen molar-refractivity contribution in [1.82, 2.24) is 14.6 Å². The molecule has 0 saturated heterocycles. The van der Waals surface area contributed by atoms with E-state index in [1.165, 1.54) is 5.56 Å². The summed E-state index contributed by atoms with van der Waals surface area (Å²) in [5.74, 6) is 1.65. The fraction of sp³-hybridized carbons (Fsp3) is 0.462. The van der Waals surface area contributed by atoms with Crippen LogP contribution in [0.3, 0.4) is 0 Å². The van der Waals surface area contributed by atoms with Crippen molar-refractivity contribution in [3.05, 3.63) is 29.7 Å². The predicted molar refractivity (Wildman–Crippen MR) is 63.9 cm³/mol. The smallest absolute Gasteiger partial charge is 0.159 e. The zero-order chi connectivity index (χ0) is 11.8. The number of aromatic nitrogens is 3. The maximum atomic E-state index is 11.3. The molecule has 0 aliphatic heterocycles. The molecule has 0 aromatic carbocycles. The molecular weight excluding hydrogens is 214 g/mol. The van der Waals surface area contributed by atoms with Crippen LogP contribution in [-0.2, 0) is 4.79 Å². The van der Waals surface area contributed by atoms with Crippen molar-refractivity contribution in [1.29, 1.82) is 0 Å². The molecule has 2 heterocycles. The van der Waals surface area contributed by atoms with Crippen LogP contribution in [0.2, 0.25) is 0 Å². The van der Waals surface area contributed by atoms with Crippen LogP contribution in [0, 0.1) is 6.92 Å².